The zero-order valence-corrected chi connectivity index (χ0v) is 8.59. The topological polar surface area (TPSA) is 26.3 Å². The minimum absolute atomic E-state index is 0.0741. The summed E-state index contributed by atoms with van der Waals surface area (Å²) in [5.74, 6) is 0. The second kappa shape index (κ2) is 5.18. The SMILES string of the molecule is CCC(OC=O)C(C)(CC)CC. The quantitative estimate of drug-likeness (QED) is 0.576. The van der Waals surface area contributed by atoms with Crippen LogP contribution in [0.4, 0.5) is 0 Å². The predicted molar refractivity (Wildman–Crippen MR) is 49.9 cm³/mol. The van der Waals surface area contributed by atoms with Gasteiger partial charge in [-0.25, -0.2) is 0 Å². The minimum Gasteiger partial charge on any atom is -0.464 e. The highest BCUT2D eigenvalue weighted by Crippen LogP contribution is 2.33. The van der Waals surface area contributed by atoms with Crippen molar-refractivity contribution in [1.29, 1.82) is 0 Å². The summed E-state index contributed by atoms with van der Waals surface area (Å²) in [4.78, 5) is 10.2. The van der Waals surface area contributed by atoms with Gasteiger partial charge in [0.1, 0.15) is 6.10 Å². The summed E-state index contributed by atoms with van der Waals surface area (Å²) in [6.45, 7) is 9.07. The van der Waals surface area contributed by atoms with Gasteiger partial charge < -0.3 is 4.74 Å². The largest absolute Gasteiger partial charge is 0.464 e. The molecule has 0 aromatic rings. The second-order valence-corrected chi connectivity index (χ2v) is 3.49. The third kappa shape index (κ3) is 2.50. The van der Waals surface area contributed by atoms with Crippen LogP contribution in [-0.2, 0) is 9.53 Å². The Labute approximate surface area is 75.3 Å². The molecule has 0 aliphatic heterocycles. The van der Waals surface area contributed by atoms with Crippen LogP contribution < -0.4 is 0 Å². The van der Waals surface area contributed by atoms with Crippen molar-refractivity contribution in [1.82, 2.24) is 0 Å². The van der Waals surface area contributed by atoms with E-state index in [1.54, 1.807) is 0 Å². The van der Waals surface area contributed by atoms with E-state index in [2.05, 4.69) is 27.7 Å². The van der Waals surface area contributed by atoms with Gasteiger partial charge in [0.05, 0.1) is 0 Å². The van der Waals surface area contributed by atoms with Crippen molar-refractivity contribution in [3.63, 3.8) is 0 Å². The first-order valence-electron chi connectivity index (χ1n) is 4.73. The maximum absolute atomic E-state index is 10.2. The molecular formula is C10H20O2. The first kappa shape index (κ1) is 11.5. The molecule has 0 N–H and O–H groups in total. The van der Waals surface area contributed by atoms with Crippen molar-refractivity contribution in [2.45, 2.75) is 53.1 Å². The fourth-order valence-electron chi connectivity index (χ4n) is 1.53. The van der Waals surface area contributed by atoms with E-state index in [-0.39, 0.29) is 11.5 Å². The van der Waals surface area contributed by atoms with E-state index < -0.39 is 0 Å². The van der Waals surface area contributed by atoms with Gasteiger partial charge in [-0.3, -0.25) is 4.79 Å². The van der Waals surface area contributed by atoms with Crippen LogP contribution in [0, 0.1) is 5.41 Å². The molecule has 2 nitrogen and oxygen atoms in total. The van der Waals surface area contributed by atoms with E-state index in [4.69, 9.17) is 4.74 Å². The van der Waals surface area contributed by atoms with Gasteiger partial charge in [-0.15, -0.1) is 0 Å². The third-order valence-corrected chi connectivity index (χ3v) is 2.98. The molecule has 0 fully saturated rings. The third-order valence-electron chi connectivity index (χ3n) is 2.98. The summed E-state index contributed by atoms with van der Waals surface area (Å²) in [6.07, 6.45) is 3.08. The standard InChI is InChI=1S/C10H20O2/c1-5-9(12-8-11)10(4,6-2)7-3/h8-9H,5-7H2,1-4H3. The van der Waals surface area contributed by atoms with Crippen LogP contribution in [0.2, 0.25) is 0 Å². The molecule has 0 bridgehead atoms. The van der Waals surface area contributed by atoms with Crippen molar-refractivity contribution in [3.05, 3.63) is 0 Å². The van der Waals surface area contributed by atoms with Gasteiger partial charge in [0.2, 0.25) is 0 Å². The molecular weight excluding hydrogens is 152 g/mol. The van der Waals surface area contributed by atoms with Gasteiger partial charge in [0, 0.05) is 5.41 Å². The fraction of sp³-hybridized carbons (Fsp3) is 0.900. The van der Waals surface area contributed by atoms with E-state index in [1.165, 1.54) is 0 Å². The van der Waals surface area contributed by atoms with Crippen LogP contribution in [0.1, 0.15) is 47.0 Å². The van der Waals surface area contributed by atoms with E-state index in [1.807, 2.05) is 0 Å². The highest BCUT2D eigenvalue weighted by Gasteiger charge is 2.30. The Morgan fingerprint density at radius 3 is 2.08 bits per heavy atom. The lowest BCUT2D eigenvalue weighted by Gasteiger charge is -2.33. The Hall–Kier alpha value is -0.530. The monoisotopic (exact) mass is 172 g/mol. The Bertz CT molecular complexity index is 128. The molecule has 0 rings (SSSR count). The Kier molecular flexibility index (Phi) is 4.95. The van der Waals surface area contributed by atoms with Crippen LogP contribution in [0.5, 0.6) is 0 Å². The average molecular weight is 172 g/mol. The average Bonchev–Trinajstić information content (AvgIpc) is 2.13. The highest BCUT2D eigenvalue weighted by molar-refractivity contribution is 5.37. The zero-order valence-electron chi connectivity index (χ0n) is 8.59. The first-order valence-corrected chi connectivity index (χ1v) is 4.73. The van der Waals surface area contributed by atoms with Crippen LogP contribution in [0.25, 0.3) is 0 Å². The lowest BCUT2D eigenvalue weighted by molar-refractivity contribution is -0.140. The summed E-state index contributed by atoms with van der Waals surface area (Å²) in [6, 6.07) is 0. The molecule has 0 aliphatic carbocycles. The van der Waals surface area contributed by atoms with Crippen molar-refractivity contribution in [2.24, 2.45) is 5.41 Å². The molecule has 0 heterocycles. The van der Waals surface area contributed by atoms with Crippen LogP contribution >= 0.6 is 0 Å². The summed E-state index contributed by atoms with van der Waals surface area (Å²) >= 11 is 0. The molecule has 2 heteroatoms. The lowest BCUT2D eigenvalue weighted by Crippen LogP contribution is -2.32. The lowest BCUT2D eigenvalue weighted by atomic mass is 9.78. The zero-order chi connectivity index (χ0) is 9.61. The maximum atomic E-state index is 10.2. The van der Waals surface area contributed by atoms with Crippen LogP contribution in [0.15, 0.2) is 0 Å². The number of rotatable bonds is 6. The normalized spacial score (nSPS) is 14.0. The van der Waals surface area contributed by atoms with Gasteiger partial charge in [0.15, 0.2) is 0 Å². The molecule has 0 aliphatic rings. The van der Waals surface area contributed by atoms with Gasteiger partial charge in [0.25, 0.3) is 6.47 Å². The number of hydrogen-bond donors (Lipinski definition) is 0. The molecule has 12 heavy (non-hydrogen) atoms. The number of ether oxygens (including phenoxy) is 1. The van der Waals surface area contributed by atoms with E-state index in [9.17, 15) is 4.79 Å². The number of hydrogen-bond acceptors (Lipinski definition) is 2. The maximum Gasteiger partial charge on any atom is 0.293 e. The van der Waals surface area contributed by atoms with Crippen molar-refractivity contribution < 1.29 is 9.53 Å². The van der Waals surface area contributed by atoms with Gasteiger partial charge in [-0.05, 0) is 19.3 Å². The molecule has 0 aromatic heterocycles. The van der Waals surface area contributed by atoms with E-state index >= 15 is 0 Å². The molecule has 1 unspecified atom stereocenters. The van der Waals surface area contributed by atoms with Crippen LogP contribution in [-0.4, -0.2) is 12.6 Å². The van der Waals surface area contributed by atoms with Crippen LogP contribution in [0.3, 0.4) is 0 Å². The highest BCUT2D eigenvalue weighted by atomic mass is 16.5. The van der Waals surface area contributed by atoms with Crippen molar-refractivity contribution in [3.8, 4) is 0 Å². The van der Waals surface area contributed by atoms with Crippen molar-refractivity contribution >= 4 is 6.47 Å². The van der Waals surface area contributed by atoms with Gasteiger partial charge >= 0.3 is 0 Å². The molecule has 0 saturated heterocycles. The van der Waals surface area contributed by atoms with Crippen molar-refractivity contribution in [2.75, 3.05) is 0 Å². The minimum atomic E-state index is 0.0741. The first-order chi connectivity index (χ1) is 5.64. The Morgan fingerprint density at radius 2 is 1.83 bits per heavy atom. The summed E-state index contributed by atoms with van der Waals surface area (Å²) < 4.78 is 5.06. The summed E-state index contributed by atoms with van der Waals surface area (Å²) in [7, 11) is 0. The fourth-order valence-corrected chi connectivity index (χ4v) is 1.53. The molecule has 0 aromatic carbocycles. The molecule has 0 saturated carbocycles. The molecule has 0 spiro atoms. The second-order valence-electron chi connectivity index (χ2n) is 3.49. The Morgan fingerprint density at radius 1 is 1.33 bits per heavy atom. The van der Waals surface area contributed by atoms with Gasteiger partial charge in [-0.1, -0.05) is 27.7 Å². The number of carbonyl (C=O) groups excluding carboxylic acids is 1. The van der Waals surface area contributed by atoms with Gasteiger partial charge in [-0.2, -0.15) is 0 Å². The summed E-state index contributed by atoms with van der Waals surface area (Å²) in [5, 5.41) is 0. The Balaban J connectivity index is 4.31. The van der Waals surface area contributed by atoms with E-state index in [0.29, 0.717) is 6.47 Å². The number of carbonyl (C=O) groups is 1. The predicted octanol–water partition coefficient (Wildman–Crippen LogP) is 2.76. The molecule has 72 valence electrons. The molecule has 1 atom stereocenters. The molecule has 0 radical (unpaired) electrons. The smallest absolute Gasteiger partial charge is 0.293 e. The van der Waals surface area contributed by atoms with E-state index in [0.717, 1.165) is 19.3 Å². The summed E-state index contributed by atoms with van der Waals surface area (Å²) in [5.41, 5.74) is 0.148. The molecule has 0 amide bonds.